The van der Waals surface area contributed by atoms with Gasteiger partial charge in [-0.3, -0.25) is 0 Å². The molecule has 0 unspecified atom stereocenters. The van der Waals surface area contributed by atoms with Crippen molar-refractivity contribution in [2.45, 2.75) is 6.54 Å². The molecule has 0 atom stereocenters. The van der Waals surface area contributed by atoms with Gasteiger partial charge in [-0.05, 0) is 24.3 Å². The number of benzene rings is 2. The van der Waals surface area contributed by atoms with Gasteiger partial charge in [-0.25, -0.2) is 17.6 Å². The Morgan fingerprint density at radius 2 is 1.65 bits per heavy atom. The van der Waals surface area contributed by atoms with Crippen molar-refractivity contribution in [2.24, 2.45) is 0 Å². The Hall–Kier alpha value is -2.24. The first-order chi connectivity index (χ1) is 9.56. The average Bonchev–Trinajstić information content (AvgIpc) is 2.46. The van der Waals surface area contributed by atoms with Gasteiger partial charge in [-0.2, -0.15) is 0 Å². The van der Waals surface area contributed by atoms with Crippen LogP contribution in [-0.2, 0) is 6.54 Å². The van der Waals surface area contributed by atoms with Crippen molar-refractivity contribution in [1.29, 1.82) is 0 Å². The molecule has 0 spiro atoms. The molecule has 6 heteroatoms. The van der Waals surface area contributed by atoms with Crippen LogP contribution < -0.4 is 9.64 Å². The minimum atomic E-state index is -1.52. The van der Waals surface area contributed by atoms with Crippen LogP contribution in [-0.4, -0.2) is 6.73 Å². The van der Waals surface area contributed by atoms with Crippen LogP contribution in [0.15, 0.2) is 30.3 Å². The molecule has 0 N–H and O–H groups in total. The second kappa shape index (κ2) is 4.70. The zero-order valence-electron chi connectivity index (χ0n) is 10.2. The lowest BCUT2D eigenvalue weighted by Crippen LogP contribution is -2.32. The third-order valence-electron chi connectivity index (χ3n) is 3.14. The predicted molar refractivity (Wildman–Crippen MR) is 64.4 cm³/mol. The highest BCUT2D eigenvalue weighted by Gasteiger charge is 2.25. The molecule has 0 radical (unpaired) electrons. The summed E-state index contributed by atoms with van der Waals surface area (Å²) in [5.41, 5.74) is 0.542. The highest BCUT2D eigenvalue weighted by atomic mass is 19.2. The largest absolute Gasteiger partial charge is 0.473 e. The van der Waals surface area contributed by atoms with E-state index in [1.165, 1.54) is 24.3 Å². The van der Waals surface area contributed by atoms with Crippen LogP contribution in [0.4, 0.5) is 23.2 Å². The molecule has 0 bridgehead atoms. The molecule has 0 saturated carbocycles. The second-order valence-electron chi connectivity index (χ2n) is 4.41. The van der Waals surface area contributed by atoms with E-state index in [1.807, 2.05) is 0 Å². The summed E-state index contributed by atoms with van der Waals surface area (Å²) in [5, 5.41) is 0. The molecule has 20 heavy (non-hydrogen) atoms. The zero-order chi connectivity index (χ0) is 14.3. The number of rotatable bonds is 1. The van der Waals surface area contributed by atoms with Crippen LogP contribution in [0.1, 0.15) is 5.56 Å². The van der Waals surface area contributed by atoms with E-state index in [1.54, 1.807) is 4.90 Å². The lowest BCUT2D eigenvalue weighted by molar-refractivity contribution is 0.278. The molecule has 0 aliphatic carbocycles. The molecule has 0 aromatic heterocycles. The highest BCUT2D eigenvalue weighted by molar-refractivity contribution is 5.50. The summed E-state index contributed by atoms with van der Waals surface area (Å²) >= 11 is 0. The summed E-state index contributed by atoms with van der Waals surface area (Å²) < 4.78 is 58.1. The molecule has 0 saturated heterocycles. The number of hydrogen-bond acceptors (Lipinski definition) is 2. The van der Waals surface area contributed by atoms with Crippen LogP contribution in [0, 0.1) is 23.3 Å². The summed E-state index contributed by atoms with van der Waals surface area (Å²) in [7, 11) is 0. The average molecular weight is 283 g/mol. The van der Waals surface area contributed by atoms with E-state index in [0.717, 1.165) is 6.07 Å². The number of nitrogens with zero attached hydrogens (tertiary/aromatic N) is 1. The van der Waals surface area contributed by atoms with Gasteiger partial charge in [0.25, 0.3) is 0 Å². The van der Waals surface area contributed by atoms with Gasteiger partial charge in [0.1, 0.15) is 11.6 Å². The molecule has 0 fully saturated rings. The van der Waals surface area contributed by atoms with Crippen molar-refractivity contribution >= 4 is 5.69 Å². The van der Waals surface area contributed by atoms with Gasteiger partial charge < -0.3 is 9.64 Å². The van der Waals surface area contributed by atoms with Gasteiger partial charge in [0.2, 0.25) is 0 Å². The third-order valence-corrected chi connectivity index (χ3v) is 3.14. The number of fused-ring (bicyclic) bond motifs is 1. The van der Waals surface area contributed by atoms with Crippen LogP contribution in [0.3, 0.4) is 0 Å². The molecular formula is C14H9F4NO. The van der Waals surface area contributed by atoms with Crippen molar-refractivity contribution in [3.8, 4) is 5.75 Å². The van der Waals surface area contributed by atoms with Gasteiger partial charge in [-0.15, -0.1) is 0 Å². The van der Waals surface area contributed by atoms with E-state index in [2.05, 4.69) is 0 Å². The van der Waals surface area contributed by atoms with E-state index in [4.69, 9.17) is 4.74 Å². The van der Waals surface area contributed by atoms with E-state index in [0.29, 0.717) is 5.69 Å². The Kier molecular flexibility index (Phi) is 3.00. The van der Waals surface area contributed by atoms with E-state index in [9.17, 15) is 17.6 Å². The first-order valence-electron chi connectivity index (χ1n) is 5.86. The maximum absolute atomic E-state index is 13.7. The van der Waals surface area contributed by atoms with Gasteiger partial charge in [0, 0.05) is 11.8 Å². The zero-order valence-corrected chi connectivity index (χ0v) is 10.2. The van der Waals surface area contributed by atoms with Crippen molar-refractivity contribution in [3.63, 3.8) is 0 Å². The number of anilines is 1. The molecule has 1 heterocycles. The summed E-state index contributed by atoms with van der Waals surface area (Å²) in [6.45, 7) is 0.0626. The molecule has 0 amide bonds. The first kappa shape index (κ1) is 12.8. The SMILES string of the molecule is Fc1ccc(N2COc3cc(F)c(F)c(F)c3C2)cc1. The Bertz CT molecular complexity index is 657. The maximum atomic E-state index is 13.7. The fraction of sp³-hybridized carbons (Fsp3) is 0.143. The number of hydrogen-bond donors (Lipinski definition) is 0. The van der Waals surface area contributed by atoms with Crippen molar-refractivity contribution in [2.75, 3.05) is 11.6 Å². The molecule has 2 aromatic carbocycles. The first-order valence-corrected chi connectivity index (χ1v) is 5.86. The normalized spacial score (nSPS) is 13.9. The minimum absolute atomic E-state index is 0.0141. The molecule has 104 valence electrons. The quantitative estimate of drug-likeness (QED) is 0.585. The monoisotopic (exact) mass is 283 g/mol. The lowest BCUT2D eigenvalue weighted by Gasteiger charge is -2.31. The number of ether oxygens (including phenoxy) is 1. The Labute approximate surface area is 112 Å². The minimum Gasteiger partial charge on any atom is -0.473 e. The van der Waals surface area contributed by atoms with E-state index < -0.39 is 23.3 Å². The lowest BCUT2D eigenvalue weighted by atomic mass is 10.1. The smallest absolute Gasteiger partial charge is 0.195 e. The molecule has 3 rings (SSSR count). The van der Waals surface area contributed by atoms with Gasteiger partial charge >= 0.3 is 0 Å². The van der Waals surface area contributed by atoms with Crippen molar-refractivity contribution < 1.29 is 22.3 Å². The molecule has 2 aromatic rings. The molecule has 2 nitrogen and oxygen atoms in total. The maximum Gasteiger partial charge on any atom is 0.195 e. The second-order valence-corrected chi connectivity index (χ2v) is 4.41. The Morgan fingerprint density at radius 3 is 2.35 bits per heavy atom. The summed E-state index contributed by atoms with van der Waals surface area (Å²) in [6.07, 6.45) is 0. The Balaban J connectivity index is 1.95. The fourth-order valence-electron chi connectivity index (χ4n) is 2.09. The molecular weight excluding hydrogens is 274 g/mol. The van der Waals surface area contributed by atoms with Gasteiger partial charge in [-0.1, -0.05) is 0 Å². The summed E-state index contributed by atoms with van der Waals surface area (Å²) in [5.74, 6) is -4.47. The fourth-order valence-corrected chi connectivity index (χ4v) is 2.09. The number of halogens is 4. The molecule has 1 aliphatic rings. The standard InChI is InChI=1S/C14H9F4NO/c15-8-1-3-9(4-2-8)19-6-10-12(20-7-19)5-11(16)14(18)13(10)17/h1-5H,6-7H2. The van der Waals surface area contributed by atoms with Crippen LogP contribution in [0.25, 0.3) is 0 Å². The highest BCUT2D eigenvalue weighted by Crippen LogP contribution is 2.32. The van der Waals surface area contributed by atoms with Crippen molar-refractivity contribution in [1.82, 2.24) is 0 Å². The molecule has 1 aliphatic heterocycles. The van der Waals surface area contributed by atoms with E-state index in [-0.39, 0.29) is 24.6 Å². The van der Waals surface area contributed by atoms with Gasteiger partial charge in [0.05, 0.1) is 12.1 Å². The van der Waals surface area contributed by atoms with E-state index >= 15 is 0 Å². The van der Waals surface area contributed by atoms with Crippen molar-refractivity contribution in [3.05, 3.63) is 59.2 Å². The van der Waals surface area contributed by atoms with Crippen LogP contribution in [0.5, 0.6) is 5.75 Å². The third kappa shape index (κ3) is 2.07. The summed E-state index contributed by atoms with van der Waals surface area (Å²) in [4.78, 5) is 1.59. The predicted octanol–water partition coefficient (Wildman–Crippen LogP) is 3.60. The summed E-state index contributed by atoms with van der Waals surface area (Å²) in [6, 6.07) is 6.34. The van der Waals surface area contributed by atoms with Crippen LogP contribution >= 0.6 is 0 Å². The van der Waals surface area contributed by atoms with Crippen LogP contribution in [0.2, 0.25) is 0 Å². The van der Waals surface area contributed by atoms with Gasteiger partial charge in [0.15, 0.2) is 24.2 Å². The topological polar surface area (TPSA) is 12.5 Å². The Morgan fingerprint density at radius 1 is 0.950 bits per heavy atom.